The van der Waals surface area contributed by atoms with Crippen LogP contribution < -0.4 is 10.1 Å². The van der Waals surface area contributed by atoms with Crippen molar-refractivity contribution in [1.29, 1.82) is 0 Å². The number of anilines is 1. The predicted molar refractivity (Wildman–Crippen MR) is 67.0 cm³/mol. The third-order valence-electron chi connectivity index (χ3n) is 2.98. The molecule has 0 aromatic heterocycles. The molecule has 3 nitrogen and oxygen atoms in total. The Morgan fingerprint density at radius 3 is 2.50 bits per heavy atom. The lowest BCUT2D eigenvalue weighted by molar-refractivity contribution is -0.0494. The van der Waals surface area contributed by atoms with Crippen molar-refractivity contribution in [3.05, 3.63) is 24.3 Å². The number of benzene rings is 1. The van der Waals surface area contributed by atoms with Crippen molar-refractivity contribution >= 4 is 5.69 Å². The van der Waals surface area contributed by atoms with Gasteiger partial charge < -0.3 is 15.2 Å². The third-order valence-corrected chi connectivity index (χ3v) is 2.98. The predicted octanol–water partition coefficient (Wildman–Crippen LogP) is 3.11. The summed E-state index contributed by atoms with van der Waals surface area (Å²) >= 11 is 0. The summed E-state index contributed by atoms with van der Waals surface area (Å²) in [6, 6.07) is 6.42. The zero-order valence-corrected chi connectivity index (χ0v) is 10.8. The molecule has 102 valence electrons. The second-order valence-corrected chi connectivity index (χ2v) is 4.74. The molecular formula is C13H19F2NO2. The maximum Gasteiger partial charge on any atom is 0.387 e. The average molecular weight is 259 g/mol. The van der Waals surface area contributed by atoms with Crippen LogP contribution in [0.25, 0.3) is 0 Å². The number of halogens is 2. The Morgan fingerprint density at radius 1 is 1.33 bits per heavy atom. The lowest BCUT2D eigenvalue weighted by Gasteiger charge is -2.28. The summed E-state index contributed by atoms with van der Waals surface area (Å²) in [6.45, 7) is 2.88. The topological polar surface area (TPSA) is 41.5 Å². The molecule has 1 atom stereocenters. The maximum absolute atomic E-state index is 12.2. The minimum absolute atomic E-state index is 0.0492. The molecule has 1 aromatic rings. The van der Waals surface area contributed by atoms with Crippen LogP contribution in [0.2, 0.25) is 0 Å². The minimum atomic E-state index is -2.86. The Bertz CT molecular complexity index is 381. The van der Waals surface area contributed by atoms with Gasteiger partial charge in [0.05, 0.1) is 11.3 Å². The van der Waals surface area contributed by atoms with Crippen molar-refractivity contribution in [1.82, 2.24) is 0 Å². The number of alkyl halides is 2. The molecule has 0 fully saturated rings. The van der Waals surface area contributed by atoms with Crippen molar-refractivity contribution in [3.8, 4) is 5.75 Å². The minimum Gasteiger partial charge on any atom is -0.433 e. The van der Waals surface area contributed by atoms with Crippen LogP contribution in [-0.4, -0.2) is 23.9 Å². The molecule has 1 aromatic carbocycles. The summed E-state index contributed by atoms with van der Waals surface area (Å²) in [4.78, 5) is 0. The van der Waals surface area contributed by atoms with Crippen molar-refractivity contribution in [2.75, 3.05) is 11.9 Å². The molecule has 0 heterocycles. The lowest BCUT2D eigenvalue weighted by Crippen LogP contribution is -2.38. The van der Waals surface area contributed by atoms with E-state index in [-0.39, 0.29) is 18.2 Å². The second kappa shape index (κ2) is 6.00. The fourth-order valence-electron chi connectivity index (χ4n) is 1.29. The monoisotopic (exact) mass is 259 g/mol. The van der Waals surface area contributed by atoms with Gasteiger partial charge in [-0.15, -0.1) is 0 Å². The highest BCUT2D eigenvalue weighted by molar-refractivity contribution is 5.56. The summed E-state index contributed by atoms with van der Waals surface area (Å²) < 4.78 is 28.8. The van der Waals surface area contributed by atoms with Gasteiger partial charge in [-0.05, 0) is 25.0 Å². The first kappa shape index (κ1) is 14.7. The van der Waals surface area contributed by atoms with Crippen LogP contribution in [0.15, 0.2) is 24.3 Å². The Balaban J connectivity index is 2.73. The highest BCUT2D eigenvalue weighted by atomic mass is 19.3. The third kappa shape index (κ3) is 4.14. The van der Waals surface area contributed by atoms with E-state index in [9.17, 15) is 13.9 Å². The van der Waals surface area contributed by atoms with Gasteiger partial charge in [0, 0.05) is 6.54 Å². The van der Waals surface area contributed by atoms with Gasteiger partial charge in [0.2, 0.25) is 0 Å². The maximum atomic E-state index is 12.2. The molecule has 0 aliphatic rings. The number of rotatable bonds is 6. The number of aliphatic hydroxyl groups is 1. The van der Waals surface area contributed by atoms with E-state index >= 15 is 0 Å². The smallest absolute Gasteiger partial charge is 0.387 e. The molecule has 1 rings (SSSR count). The SMILES string of the molecule is CC(C)C(C)(O)CNc1ccccc1OC(F)F. The van der Waals surface area contributed by atoms with Gasteiger partial charge in [-0.25, -0.2) is 0 Å². The normalized spacial score (nSPS) is 14.7. The van der Waals surface area contributed by atoms with Gasteiger partial charge in [-0.2, -0.15) is 8.78 Å². The largest absolute Gasteiger partial charge is 0.433 e. The van der Waals surface area contributed by atoms with E-state index in [0.717, 1.165) is 0 Å². The first-order valence-corrected chi connectivity index (χ1v) is 5.83. The van der Waals surface area contributed by atoms with Gasteiger partial charge in [0.1, 0.15) is 5.75 Å². The summed E-state index contributed by atoms with van der Waals surface area (Å²) in [5.41, 5.74) is -0.475. The van der Waals surface area contributed by atoms with Crippen molar-refractivity contribution in [2.24, 2.45) is 5.92 Å². The number of hydrogen-bond acceptors (Lipinski definition) is 3. The van der Waals surface area contributed by atoms with Crippen LogP contribution in [0.5, 0.6) is 5.75 Å². The zero-order chi connectivity index (χ0) is 13.8. The van der Waals surface area contributed by atoms with E-state index in [1.165, 1.54) is 6.07 Å². The van der Waals surface area contributed by atoms with E-state index in [4.69, 9.17) is 0 Å². The Hall–Kier alpha value is -1.36. The molecule has 5 heteroatoms. The zero-order valence-electron chi connectivity index (χ0n) is 10.8. The molecule has 0 aliphatic heterocycles. The molecule has 18 heavy (non-hydrogen) atoms. The second-order valence-electron chi connectivity index (χ2n) is 4.74. The van der Waals surface area contributed by atoms with Gasteiger partial charge >= 0.3 is 6.61 Å². The van der Waals surface area contributed by atoms with Gasteiger partial charge in [-0.3, -0.25) is 0 Å². The number of ether oxygens (including phenoxy) is 1. The van der Waals surface area contributed by atoms with Crippen LogP contribution in [-0.2, 0) is 0 Å². The van der Waals surface area contributed by atoms with Crippen LogP contribution in [0.1, 0.15) is 20.8 Å². The number of nitrogens with one attached hydrogen (secondary N) is 1. The summed E-state index contributed by atoms with van der Waals surface area (Å²) in [6.07, 6.45) is 0. The summed E-state index contributed by atoms with van der Waals surface area (Å²) in [7, 11) is 0. The molecule has 0 spiro atoms. The van der Waals surface area contributed by atoms with E-state index in [0.29, 0.717) is 5.69 Å². The average Bonchev–Trinajstić information content (AvgIpc) is 2.27. The van der Waals surface area contributed by atoms with Crippen LogP contribution >= 0.6 is 0 Å². The fraction of sp³-hybridized carbons (Fsp3) is 0.538. The highest BCUT2D eigenvalue weighted by Crippen LogP contribution is 2.26. The summed E-state index contributed by atoms with van der Waals surface area (Å²) in [5, 5.41) is 13.0. The van der Waals surface area contributed by atoms with E-state index in [2.05, 4.69) is 10.1 Å². The standard InChI is InChI=1S/C13H19F2NO2/c1-9(2)13(3,17)8-16-10-6-4-5-7-11(10)18-12(14)15/h4-7,9,12,16-17H,8H2,1-3H3. The quantitative estimate of drug-likeness (QED) is 0.824. The van der Waals surface area contributed by atoms with Gasteiger partial charge in [0.25, 0.3) is 0 Å². The highest BCUT2D eigenvalue weighted by Gasteiger charge is 2.24. The molecule has 0 radical (unpaired) electrons. The molecule has 1 unspecified atom stereocenters. The number of hydrogen-bond donors (Lipinski definition) is 2. The van der Waals surface area contributed by atoms with E-state index in [1.807, 2.05) is 13.8 Å². The Kier molecular flexibility index (Phi) is 4.90. The Morgan fingerprint density at radius 2 is 1.94 bits per heavy atom. The van der Waals surface area contributed by atoms with E-state index in [1.54, 1.807) is 25.1 Å². The number of para-hydroxylation sites is 2. The molecular weight excluding hydrogens is 240 g/mol. The molecule has 2 N–H and O–H groups in total. The van der Waals surface area contributed by atoms with Crippen LogP contribution in [0.4, 0.5) is 14.5 Å². The summed E-state index contributed by atoms with van der Waals surface area (Å²) in [5.74, 6) is 0.125. The molecule has 0 saturated carbocycles. The lowest BCUT2D eigenvalue weighted by atomic mass is 9.92. The first-order chi connectivity index (χ1) is 8.33. The van der Waals surface area contributed by atoms with Crippen molar-refractivity contribution in [3.63, 3.8) is 0 Å². The van der Waals surface area contributed by atoms with Crippen LogP contribution in [0.3, 0.4) is 0 Å². The van der Waals surface area contributed by atoms with Crippen molar-refractivity contribution < 1.29 is 18.6 Å². The van der Waals surface area contributed by atoms with Gasteiger partial charge in [-0.1, -0.05) is 26.0 Å². The fourth-order valence-corrected chi connectivity index (χ4v) is 1.29. The van der Waals surface area contributed by atoms with Crippen LogP contribution in [0, 0.1) is 5.92 Å². The molecule has 0 saturated heterocycles. The van der Waals surface area contributed by atoms with Gasteiger partial charge in [0.15, 0.2) is 0 Å². The van der Waals surface area contributed by atoms with Crippen molar-refractivity contribution in [2.45, 2.75) is 33.0 Å². The van der Waals surface area contributed by atoms with E-state index < -0.39 is 12.2 Å². The Labute approximate surface area is 106 Å². The molecule has 0 amide bonds. The molecule has 0 bridgehead atoms. The molecule has 0 aliphatic carbocycles. The first-order valence-electron chi connectivity index (χ1n) is 5.83.